The van der Waals surface area contributed by atoms with Gasteiger partial charge in [-0.05, 0) is 35.7 Å². The summed E-state index contributed by atoms with van der Waals surface area (Å²) in [6.07, 6.45) is 0. The number of nitrogens with one attached hydrogen (secondary N) is 1. The van der Waals surface area contributed by atoms with E-state index >= 15 is 0 Å². The van der Waals surface area contributed by atoms with E-state index in [1.54, 1.807) is 5.38 Å². The molecule has 0 aliphatic rings. The number of carboxylic acid groups (broad SMARTS) is 1. The van der Waals surface area contributed by atoms with Gasteiger partial charge in [0.15, 0.2) is 0 Å². The van der Waals surface area contributed by atoms with Crippen LogP contribution in [0.25, 0.3) is 0 Å². The number of aromatic carboxylic acids is 1. The van der Waals surface area contributed by atoms with Crippen molar-refractivity contribution in [1.82, 2.24) is 0 Å². The molecule has 1 aromatic carbocycles. The lowest BCUT2D eigenvalue weighted by molar-refractivity contribution is 0.0698. The van der Waals surface area contributed by atoms with Gasteiger partial charge in [-0.25, -0.2) is 4.79 Å². The van der Waals surface area contributed by atoms with Crippen molar-refractivity contribution in [3.8, 4) is 5.75 Å². The Balaban J connectivity index is 2.19. The molecule has 0 bridgehead atoms. The highest BCUT2D eigenvalue weighted by molar-refractivity contribution is 7.14. The van der Waals surface area contributed by atoms with Crippen LogP contribution in [0.2, 0.25) is 0 Å². The van der Waals surface area contributed by atoms with Crippen LogP contribution in [0.3, 0.4) is 0 Å². The monoisotopic (exact) mass is 263 g/mol. The van der Waals surface area contributed by atoms with Crippen LogP contribution in [0.4, 0.5) is 5.00 Å². The molecule has 18 heavy (non-hydrogen) atoms. The van der Waals surface area contributed by atoms with E-state index in [9.17, 15) is 9.59 Å². The molecule has 92 valence electrons. The highest BCUT2D eigenvalue weighted by Gasteiger charge is 2.14. The molecule has 1 amide bonds. The predicted molar refractivity (Wildman–Crippen MR) is 67.3 cm³/mol. The number of carbonyl (C=O) groups excluding carboxylic acids is 1. The second kappa shape index (κ2) is 4.89. The molecular formula is C12H9NO4S. The molecule has 2 rings (SSSR count). The van der Waals surface area contributed by atoms with Gasteiger partial charge in [-0.15, -0.1) is 11.3 Å². The molecule has 6 heteroatoms. The zero-order chi connectivity index (χ0) is 13.1. The number of phenolic OH excluding ortho intramolecular Hbond substituents is 1. The Morgan fingerprint density at radius 1 is 1.11 bits per heavy atom. The quantitative estimate of drug-likeness (QED) is 0.793. The van der Waals surface area contributed by atoms with Crippen molar-refractivity contribution in [3.63, 3.8) is 0 Å². The number of thiophene rings is 1. The third-order valence-electron chi connectivity index (χ3n) is 2.25. The van der Waals surface area contributed by atoms with E-state index < -0.39 is 11.9 Å². The van der Waals surface area contributed by atoms with E-state index in [4.69, 9.17) is 10.2 Å². The van der Waals surface area contributed by atoms with Gasteiger partial charge in [0.25, 0.3) is 5.91 Å². The van der Waals surface area contributed by atoms with Crippen LogP contribution in [0.1, 0.15) is 20.7 Å². The summed E-state index contributed by atoms with van der Waals surface area (Å²) in [5.41, 5.74) is 0.407. The van der Waals surface area contributed by atoms with Gasteiger partial charge in [-0.1, -0.05) is 0 Å². The van der Waals surface area contributed by atoms with Crippen molar-refractivity contribution < 1.29 is 19.8 Å². The van der Waals surface area contributed by atoms with Crippen LogP contribution in [-0.2, 0) is 0 Å². The van der Waals surface area contributed by atoms with Crippen molar-refractivity contribution >= 4 is 28.2 Å². The maximum Gasteiger partial charge on any atom is 0.338 e. The molecule has 3 N–H and O–H groups in total. The summed E-state index contributed by atoms with van der Waals surface area (Å²) in [5.74, 6) is -1.44. The SMILES string of the molecule is O=C(Nc1sccc1C(=O)O)c1ccc(O)cc1. The molecule has 0 atom stereocenters. The largest absolute Gasteiger partial charge is 0.508 e. The first kappa shape index (κ1) is 12.1. The van der Waals surface area contributed by atoms with Gasteiger partial charge >= 0.3 is 5.97 Å². The number of rotatable bonds is 3. The first-order valence-electron chi connectivity index (χ1n) is 4.99. The number of carbonyl (C=O) groups is 2. The van der Waals surface area contributed by atoms with Gasteiger partial charge < -0.3 is 15.5 Å². The molecule has 0 unspecified atom stereocenters. The molecule has 1 aromatic heterocycles. The van der Waals surface area contributed by atoms with Gasteiger partial charge in [0.1, 0.15) is 10.8 Å². The molecule has 0 aliphatic heterocycles. The Kier molecular flexibility index (Phi) is 3.29. The van der Waals surface area contributed by atoms with Crippen LogP contribution in [0.15, 0.2) is 35.7 Å². The lowest BCUT2D eigenvalue weighted by Gasteiger charge is -2.04. The normalized spacial score (nSPS) is 10.0. The van der Waals surface area contributed by atoms with Crippen molar-refractivity contribution in [2.45, 2.75) is 0 Å². The van der Waals surface area contributed by atoms with Crippen molar-refractivity contribution in [3.05, 3.63) is 46.8 Å². The average Bonchev–Trinajstić information content (AvgIpc) is 2.78. The topological polar surface area (TPSA) is 86.6 Å². The fourth-order valence-corrected chi connectivity index (χ4v) is 2.14. The number of benzene rings is 1. The van der Waals surface area contributed by atoms with Crippen molar-refractivity contribution in [2.75, 3.05) is 5.32 Å². The van der Waals surface area contributed by atoms with Crippen LogP contribution in [-0.4, -0.2) is 22.1 Å². The highest BCUT2D eigenvalue weighted by atomic mass is 32.1. The van der Waals surface area contributed by atoms with Crippen molar-refractivity contribution in [1.29, 1.82) is 0 Å². The van der Waals surface area contributed by atoms with E-state index in [2.05, 4.69) is 5.32 Å². The van der Waals surface area contributed by atoms with Gasteiger partial charge in [0.2, 0.25) is 0 Å². The number of hydrogen-bond acceptors (Lipinski definition) is 4. The summed E-state index contributed by atoms with van der Waals surface area (Å²) >= 11 is 1.14. The fourth-order valence-electron chi connectivity index (χ4n) is 1.36. The Labute approximate surface area is 106 Å². The summed E-state index contributed by atoms with van der Waals surface area (Å²) in [5, 5.41) is 22.4. The highest BCUT2D eigenvalue weighted by Crippen LogP contribution is 2.24. The zero-order valence-electron chi connectivity index (χ0n) is 9.08. The summed E-state index contributed by atoms with van der Waals surface area (Å²) in [4.78, 5) is 22.7. The molecule has 0 aliphatic carbocycles. The third kappa shape index (κ3) is 2.49. The minimum Gasteiger partial charge on any atom is -0.508 e. The number of carboxylic acids is 1. The van der Waals surface area contributed by atoms with Crippen molar-refractivity contribution in [2.24, 2.45) is 0 Å². The molecule has 0 spiro atoms. The minimum atomic E-state index is -1.09. The Bertz CT molecular complexity index is 588. The van der Waals surface area contributed by atoms with Crippen LogP contribution >= 0.6 is 11.3 Å². The van der Waals surface area contributed by atoms with Crippen LogP contribution in [0, 0.1) is 0 Å². The van der Waals surface area contributed by atoms with E-state index in [0.717, 1.165) is 11.3 Å². The van der Waals surface area contributed by atoms with E-state index in [-0.39, 0.29) is 11.3 Å². The second-order valence-electron chi connectivity index (χ2n) is 3.47. The smallest absolute Gasteiger partial charge is 0.338 e. The molecule has 0 radical (unpaired) electrons. The first-order chi connectivity index (χ1) is 8.58. The first-order valence-corrected chi connectivity index (χ1v) is 5.87. The van der Waals surface area contributed by atoms with Crippen LogP contribution in [0.5, 0.6) is 5.75 Å². The molecule has 0 fully saturated rings. The Morgan fingerprint density at radius 3 is 2.39 bits per heavy atom. The summed E-state index contributed by atoms with van der Waals surface area (Å²) < 4.78 is 0. The van der Waals surface area contributed by atoms with Gasteiger partial charge in [0.05, 0.1) is 5.56 Å². The number of aromatic hydroxyl groups is 1. The Hall–Kier alpha value is -2.34. The van der Waals surface area contributed by atoms with E-state index in [1.165, 1.54) is 30.3 Å². The molecule has 1 heterocycles. The molecule has 0 saturated carbocycles. The zero-order valence-corrected chi connectivity index (χ0v) is 9.90. The maximum atomic E-state index is 11.8. The summed E-state index contributed by atoms with van der Waals surface area (Å²) in [7, 11) is 0. The summed E-state index contributed by atoms with van der Waals surface area (Å²) in [6.45, 7) is 0. The molecule has 2 aromatic rings. The number of anilines is 1. The lowest BCUT2D eigenvalue weighted by atomic mass is 10.2. The second-order valence-corrected chi connectivity index (χ2v) is 4.39. The van der Waals surface area contributed by atoms with E-state index in [0.29, 0.717) is 10.6 Å². The number of hydrogen-bond donors (Lipinski definition) is 3. The average molecular weight is 263 g/mol. The number of phenols is 1. The third-order valence-corrected chi connectivity index (χ3v) is 3.08. The lowest BCUT2D eigenvalue weighted by Crippen LogP contribution is -2.12. The molecular weight excluding hydrogens is 254 g/mol. The van der Waals surface area contributed by atoms with Gasteiger partial charge in [-0.2, -0.15) is 0 Å². The van der Waals surface area contributed by atoms with Gasteiger partial charge in [-0.3, -0.25) is 4.79 Å². The maximum absolute atomic E-state index is 11.8. The predicted octanol–water partition coefficient (Wildman–Crippen LogP) is 2.40. The molecule has 5 nitrogen and oxygen atoms in total. The summed E-state index contributed by atoms with van der Waals surface area (Å²) in [6, 6.07) is 7.12. The molecule has 0 saturated heterocycles. The standard InChI is InChI=1S/C12H9NO4S/c14-8-3-1-7(2-4-8)10(15)13-11-9(12(16)17)5-6-18-11/h1-6,14H,(H,13,15)(H,16,17). The number of amides is 1. The Morgan fingerprint density at radius 2 is 1.78 bits per heavy atom. The van der Waals surface area contributed by atoms with E-state index in [1.807, 2.05) is 0 Å². The fraction of sp³-hybridized carbons (Fsp3) is 0. The minimum absolute atomic E-state index is 0.0622. The van der Waals surface area contributed by atoms with Gasteiger partial charge in [0, 0.05) is 5.56 Å². The van der Waals surface area contributed by atoms with Crippen LogP contribution < -0.4 is 5.32 Å².